The minimum absolute atomic E-state index is 0.132. The molecule has 5 nitrogen and oxygen atoms in total. The monoisotopic (exact) mass is 327 g/mol. The van der Waals surface area contributed by atoms with Gasteiger partial charge in [0.05, 0.1) is 6.10 Å². The lowest BCUT2D eigenvalue weighted by Gasteiger charge is -2.58. The second-order valence-electron chi connectivity index (χ2n) is 7.15. The lowest BCUT2D eigenvalue weighted by Crippen LogP contribution is -2.65. The molecule has 1 aromatic heterocycles. The Morgan fingerprint density at radius 1 is 1.29 bits per heavy atom. The number of esters is 1. The number of carbonyl (C=O) groups is 1. The number of oxazole rings is 1. The molecule has 0 amide bonds. The molecule has 0 bridgehead atoms. The number of rotatable bonds is 3. The predicted molar refractivity (Wildman–Crippen MR) is 87.4 cm³/mol. The van der Waals surface area contributed by atoms with Crippen molar-refractivity contribution < 1.29 is 18.7 Å². The van der Waals surface area contributed by atoms with Crippen LogP contribution < -0.4 is 0 Å². The third-order valence-electron chi connectivity index (χ3n) is 5.19. The Morgan fingerprint density at radius 3 is 2.88 bits per heavy atom. The van der Waals surface area contributed by atoms with Crippen molar-refractivity contribution in [1.29, 1.82) is 0 Å². The molecule has 4 rings (SSSR count). The first-order valence-corrected chi connectivity index (χ1v) is 8.41. The van der Waals surface area contributed by atoms with Crippen LogP contribution in [-0.4, -0.2) is 29.8 Å². The second-order valence-corrected chi connectivity index (χ2v) is 7.15. The van der Waals surface area contributed by atoms with Crippen molar-refractivity contribution in [1.82, 2.24) is 4.98 Å². The number of benzene rings is 1. The van der Waals surface area contributed by atoms with Gasteiger partial charge in [-0.15, -0.1) is 0 Å². The molecule has 2 heterocycles. The van der Waals surface area contributed by atoms with Crippen LogP contribution in [0.2, 0.25) is 0 Å². The van der Waals surface area contributed by atoms with Gasteiger partial charge in [-0.25, -0.2) is 9.78 Å². The zero-order valence-electron chi connectivity index (χ0n) is 13.9. The molecule has 0 unspecified atom stereocenters. The summed E-state index contributed by atoms with van der Waals surface area (Å²) >= 11 is 0. The quantitative estimate of drug-likeness (QED) is 0.804. The molecule has 0 radical (unpaired) electrons. The number of hydrogen-bond donors (Lipinski definition) is 0. The highest BCUT2D eigenvalue weighted by atomic mass is 16.6. The average Bonchev–Trinajstić information content (AvgIpc) is 3.10. The van der Waals surface area contributed by atoms with E-state index in [1.165, 1.54) is 6.26 Å². The van der Waals surface area contributed by atoms with E-state index in [4.69, 9.17) is 13.9 Å². The Labute approximate surface area is 141 Å². The fourth-order valence-corrected chi connectivity index (χ4v) is 3.97. The van der Waals surface area contributed by atoms with Crippen LogP contribution in [0.25, 0.3) is 11.5 Å². The first-order chi connectivity index (χ1) is 11.6. The SMILES string of the molecule is CC1(C)[C@H]2OCCC[C@H]2[C@@H]1OC(=O)c1coc(-c2ccccc2)n1. The lowest BCUT2D eigenvalue weighted by atomic mass is 9.57. The Hall–Kier alpha value is -2.14. The zero-order chi connectivity index (χ0) is 16.7. The van der Waals surface area contributed by atoms with E-state index < -0.39 is 5.97 Å². The molecule has 1 saturated carbocycles. The fourth-order valence-electron chi connectivity index (χ4n) is 3.97. The predicted octanol–water partition coefficient (Wildman–Crippen LogP) is 3.70. The molecule has 0 spiro atoms. The zero-order valence-corrected chi connectivity index (χ0v) is 13.9. The van der Waals surface area contributed by atoms with Crippen LogP contribution in [0.3, 0.4) is 0 Å². The maximum Gasteiger partial charge on any atom is 0.360 e. The van der Waals surface area contributed by atoms with Crippen molar-refractivity contribution in [2.45, 2.75) is 38.9 Å². The van der Waals surface area contributed by atoms with Crippen molar-refractivity contribution in [2.75, 3.05) is 6.61 Å². The van der Waals surface area contributed by atoms with Crippen LogP contribution in [0.1, 0.15) is 37.2 Å². The first-order valence-electron chi connectivity index (χ1n) is 8.41. The van der Waals surface area contributed by atoms with Crippen LogP contribution >= 0.6 is 0 Å². The van der Waals surface area contributed by atoms with E-state index in [2.05, 4.69) is 18.8 Å². The van der Waals surface area contributed by atoms with E-state index in [0.29, 0.717) is 5.89 Å². The average molecular weight is 327 g/mol. The van der Waals surface area contributed by atoms with Gasteiger partial charge < -0.3 is 13.9 Å². The molecule has 1 aliphatic carbocycles. The molecule has 1 aromatic carbocycles. The van der Waals surface area contributed by atoms with Gasteiger partial charge >= 0.3 is 5.97 Å². The fraction of sp³-hybridized carbons (Fsp3) is 0.474. The third kappa shape index (κ3) is 2.44. The van der Waals surface area contributed by atoms with E-state index in [1.54, 1.807) is 0 Å². The summed E-state index contributed by atoms with van der Waals surface area (Å²) in [5.41, 5.74) is 0.887. The first kappa shape index (κ1) is 15.4. The molecule has 2 aromatic rings. The number of hydrogen-bond acceptors (Lipinski definition) is 5. The summed E-state index contributed by atoms with van der Waals surface area (Å²) in [6, 6.07) is 9.50. The summed E-state index contributed by atoms with van der Waals surface area (Å²) < 4.78 is 17.0. The van der Waals surface area contributed by atoms with E-state index >= 15 is 0 Å². The summed E-state index contributed by atoms with van der Waals surface area (Å²) in [6.45, 7) is 4.99. The highest BCUT2D eigenvalue weighted by Gasteiger charge is 2.60. The van der Waals surface area contributed by atoms with Crippen LogP contribution in [0.5, 0.6) is 0 Å². The number of nitrogens with zero attached hydrogens (tertiary/aromatic N) is 1. The van der Waals surface area contributed by atoms with E-state index in [-0.39, 0.29) is 29.2 Å². The van der Waals surface area contributed by atoms with Crippen molar-refractivity contribution in [3.63, 3.8) is 0 Å². The van der Waals surface area contributed by atoms with Crippen LogP contribution in [0, 0.1) is 11.3 Å². The number of fused-ring (bicyclic) bond motifs is 1. The summed E-state index contributed by atoms with van der Waals surface area (Å²) in [6.07, 6.45) is 3.48. The topological polar surface area (TPSA) is 61.6 Å². The summed E-state index contributed by atoms with van der Waals surface area (Å²) in [5.74, 6) is 0.288. The molecule has 1 aliphatic heterocycles. The lowest BCUT2D eigenvalue weighted by molar-refractivity contribution is -0.243. The van der Waals surface area contributed by atoms with Crippen LogP contribution in [0.15, 0.2) is 41.0 Å². The minimum atomic E-state index is -0.428. The van der Waals surface area contributed by atoms with Crippen LogP contribution in [0.4, 0.5) is 0 Å². The van der Waals surface area contributed by atoms with Gasteiger partial charge in [-0.05, 0) is 25.0 Å². The van der Waals surface area contributed by atoms with E-state index in [9.17, 15) is 4.79 Å². The smallest absolute Gasteiger partial charge is 0.360 e. The molecule has 0 N–H and O–H groups in total. The van der Waals surface area contributed by atoms with Gasteiger partial charge in [-0.1, -0.05) is 32.0 Å². The number of ether oxygens (including phenoxy) is 2. The molecule has 5 heteroatoms. The van der Waals surface area contributed by atoms with Crippen molar-refractivity contribution in [2.24, 2.45) is 11.3 Å². The van der Waals surface area contributed by atoms with Crippen molar-refractivity contribution >= 4 is 5.97 Å². The van der Waals surface area contributed by atoms with Gasteiger partial charge in [0.2, 0.25) is 5.89 Å². The molecule has 1 saturated heterocycles. The summed E-state index contributed by atoms with van der Waals surface area (Å²) in [5, 5.41) is 0. The Balaban J connectivity index is 1.48. The van der Waals surface area contributed by atoms with Gasteiger partial charge in [0.15, 0.2) is 5.69 Å². The van der Waals surface area contributed by atoms with E-state index in [0.717, 1.165) is 25.0 Å². The van der Waals surface area contributed by atoms with E-state index in [1.807, 2.05) is 30.3 Å². The normalized spacial score (nSPS) is 27.8. The minimum Gasteiger partial charge on any atom is -0.456 e. The Bertz CT molecular complexity index is 737. The van der Waals surface area contributed by atoms with Gasteiger partial charge in [-0.2, -0.15) is 0 Å². The molecular weight excluding hydrogens is 306 g/mol. The second kappa shape index (κ2) is 5.74. The Kier molecular flexibility index (Phi) is 3.68. The highest BCUT2D eigenvalue weighted by molar-refractivity contribution is 5.87. The molecule has 2 aliphatic rings. The Morgan fingerprint density at radius 2 is 2.08 bits per heavy atom. The summed E-state index contributed by atoms with van der Waals surface area (Å²) in [4.78, 5) is 16.7. The maximum atomic E-state index is 12.5. The van der Waals surface area contributed by atoms with Gasteiger partial charge in [0.1, 0.15) is 12.4 Å². The van der Waals surface area contributed by atoms with Crippen LogP contribution in [-0.2, 0) is 9.47 Å². The number of carbonyl (C=O) groups excluding carboxylic acids is 1. The van der Waals surface area contributed by atoms with Gasteiger partial charge in [0, 0.05) is 23.5 Å². The standard InChI is InChI=1S/C19H21NO4/c1-19(2)15-13(9-6-10-22-15)16(19)24-18(21)14-11-23-17(20-14)12-7-4-3-5-8-12/h3-5,7-8,11,13,15-16H,6,9-10H2,1-2H3/t13-,15+,16+/m1/s1. The molecule has 24 heavy (non-hydrogen) atoms. The highest BCUT2D eigenvalue weighted by Crippen LogP contribution is 2.53. The largest absolute Gasteiger partial charge is 0.456 e. The maximum absolute atomic E-state index is 12.5. The van der Waals surface area contributed by atoms with Crippen molar-refractivity contribution in [3.05, 3.63) is 42.3 Å². The third-order valence-corrected chi connectivity index (χ3v) is 5.19. The van der Waals surface area contributed by atoms with Gasteiger partial charge in [0.25, 0.3) is 0 Å². The molecule has 2 fully saturated rings. The molecule has 126 valence electrons. The number of aromatic nitrogens is 1. The summed E-state index contributed by atoms with van der Waals surface area (Å²) in [7, 11) is 0. The molecular formula is C19H21NO4. The molecule has 3 atom stereocenters. The van der Waals surface area contributed by atoms with Gasteiger partial charge in [-0.3, -0.25) is 0 Å². The van der Waals surface area contributed by atoms with Crippen molar-refractivity contribution in [3.8, 4) is 11.5 Å².